The number of rotatable bonds is 10. The van der Waals surface area contributed by atoms with E-state index in [9.17, 15) is 54.0 Å². The van der Waals surface area contributed by atoms with Crippen LogP contribution in [0.25, 0.3) is 0 Å². The smallest absolute Gasteiger partial charge is 0.394 e. The monoisotopic (exact) mass is 578 g/mol. The number of phosphoric acid groups is 2. The number of fused-ring (bicyclic) bond motifs is 2. The van der Waals surface area contributed by atoms with Crippen molar-refractivity contribution in [1.82, 2.24) is 9.55 Å². The maximum absolute atomic E-state index is 12.2. The van der Waals surface area contributed by atoms with Crippen molar-refractivity contribution < 1.29 is 72.0 Å². The zero-order valence-corrected chi connectivity index (χ0v) is 20.2. The Balaban J connectivity index is 1.34. The Hall–Kier alpha value is -1.38. The zero-order valence-electron chi connectivity index (χ0n) is 18.4. The molecule has 1 aromatic heterocycles. The highest BCUT2D eigenvalue weighted by atomic mass is 31.3. The summed E-state index contributed by atoms with van der Waals surface area (Å²) in [5.41, 5.74) is -1.72. The molecular formula is C16H24N2O17P2. The summed E-state index contributed by atoms with van der Waals surface area (Å²) < 4.78 is 54.2. The molecule has 0 radical (unpaired) electrons. The molecule has 3 aliphatic heterocycles. The largest absolute Gasteiger partial charge is 0.481 e. The van der Waals surface area contributed by atoms with E-state index in [0.29, 0.717) is 0 Å². The quantitative estimate of drug-likeness (QED) is 0.122. The minimum Gasteiger partial charge on any atom is -0.394 e. The molecule has 0 spiro atoms. The minimum absolute atomic E-state index is 0.620. The number of nitrogens with zero attached hydrogens (tertiary/aromatic N) is 1. The Kier molecular flexibility index (Phi) is 7.97. The van der Waals surface area contributed by atoms with Crippen molar-refractivity contribution in [3.63, 3.8) is 0 Å². The third kappa shape index (κ3) is 5.67. The Labute approximate surface area is 205 Å². The number of aliphatic hydroxyl groups is 5. The summed E-state index contributed by atoms with van der Waals surface area (Å²) >= 11 is 0. The summed E-state index contributed by atoms with van der Waals surface area (Å²) in [6.45, 7) is -2.68. The molecule has 0 aliphatic carbocycles. The number of H-pyrrole nitrogens is 1. The molecule has 4 rings (SSSR count). The molecule has 0 saturated carbocycles. The molecule has 7 unspecified atom stereocenters. The summed E-state index contributed by atoms with van der Waals surface area (Å²) in [6, 6.07) is 0.943. The van der Waals surface area contributed by atoms with E-state index in [2.05, 4.69) is 13.4 Å². The van der Waals surface area contributed by atoms with Crippen LogP contribution in [0.2, 0.25) is 0 Å². The van der Waals surface area contributed by atoms with Crippen LogP contribution < -0.4 is 11.2 Å². The van der Waals surface area contributed by atoms with Crippen LogP contribution in [-0.2, 0) is 36.7 Å². The Bertz CT molecular complexity index is 1200. The molecule has 4 heterocycles. The van der Waals surface area contributed by atoms with Gasteiger partial charge in [-0.25, -0.2) is 13.9 Å². The lowest BCUT2D eigenvalue weighted by Gasteiger charge is -2.33. The topological polar surface area (TPSA) is 286 Å². The SMILES string of the molecule is O=c1ccn([C@@H]2O[C@H](COP(=O)(O)OP(=O)(O)OC[C@]34OC(CO)[C@H](O3)C(O)C4O)C(O)C2O)c(=O)[nH]1. The van der Waals surface area contributed by atoms with Crippen molar-refractivity contribution in [2.24, 2.45) is 0 Å². The summed E-state index contributed by atoms with van der Waals surface area (Å²) in [7, 11) is -10.8. The van der Waals surface area contributed by atoms with Crippen molar-refractivity contribution in [2.45, 2.75) is 54.7 Å². The first kappa shape index (κ1) is 28.6. The molecule has 3 aliphatic rings. The van der Waals surface area contributed by atoms with Gasteiger partial charge in [0.25, 0.3) is 5.56 Å². The van der Waals surface area contributed by atoms with E-state index in [-0.39, 0.29) is 0 Å². The first-order valence-corrected chi connectivity index (χ1v) is 13.5. The van der Waals surface area contributed by atoms with E-state index < -0.39 is 101 Å². The van der Waals surface area contributed by atoms with Crippen LogP contribution in [0.1, 0.15) is 6.23 Å². The normalized spacial score (nSPS) is 40.5. The number of ether oxygens (including phenoxy) is 3. The van der Waals surface area contributed by atoms with Crippen LogP contribution in [0, 0.1) is 0 Å². The van der Waals surface area contributed by atoms with Crippen LogP contribution in [0.5, 0.6) is 0 Å². The first-order chi connectivity index (χ1) is 17.2. The van der Waals surface area contributed by atoms with Gasteiger partial charge in [-0.3, -0.25) is 23.4 Å². The van der Waals surface area contributed by atoms with Crippen LogP contribution in [0.4, 0.5) is 0 Å². The number of hydrogen-bond acceptors (Lipinski definition) is 15. The van der Waals surface area contributed by atoms with Crippen molar-refractivity contribution in [1.29, 1.82) is 0 Å². The number of aliphatic hydroxyl groups excluding tert-OH is 5. The van der Waals surface area contributed by atoms with Gasteiger partial charge in [0, 0.05) is 12.3 Å². The highest BCUT2D eigenvalue weighted by molar-refractivity contribution is 7.61. The van der Waals surface area contributed by atoms with Crippen LogP contribution in [0.15, 0.2) is 21.9 Å². The van der Waals surface area contributed by atoms with Crippen molar-refractivity contribution >= 4 is 15.6 Å². The molecule has 21 heteroatoms. The summed E-state index contributed by atoms with van der Waals surface area (Å²) in [6.07, 6.45) is -11.1. The third-order valence-corrected chi connectivity index (χ3v) is 8.42. The average Bonchev–Trinajstić information content (AvgIpc) is 3.41. The fraction of sp³-hybridized carbons (Fsp3) is 0.750. The summed E-state index contributed by atoms with van der Waals surface area (Å²) in [5, 5.41) is 49.6. The van der Waals surface area contributed by atoms with Crippen LogP contribution >= 0.6 is 15.6 Å². The number of nitrogens with one attached hydrogen (secondary N) is 1. The number of aromatic amines is 1. The average molecular weight is 578 g/mol. The van der Waals surface area contributed by atoms with E-state index in [0.717, 1.165) is 16.8 Å². The maximum atomic E-state index is 12.2. The van der Waals surface area contributed by atoms with E-state index in [1.807, 2.05) is 4.98 Å². The highest BCUT2D eigenvalue weighted by Gasteiger charge is 2.65. The van der Waals surface area contributed by atoms with Crippen LogP contribution in [-0.4, -0.2) is 113 Å². The highest BCUT2D eigenvalue weighted by Crippen LogP contribution is 2.61. The molecular weight excluding hydrogens is 554 g/mol. The predicted molar refractivity (Wildman–Crippen MR) is 111 cm³/mol. The Morgan fingerprint density at radius 3 is 2.32 bits per heavy atom. The van der Waals surface area contributed by atoms with Gasteiger partial charge in [0.2, 0.25) is 5.79 Å². The van der Waals surface area contributed by atoms with Gasteiger partial charge in [-0.05, 0) is 0 Å². The van der Waals surface area contributed by atoms with Gasteiger partial charge in [0.1, 0.15) is 49.3 Å². The zero-order chi connectivity index (χ0) is 27.3. The van der Waals surface area contributed by atoms with E-state index in [1.165, 1.54) is 0 Å². The molecule has 3 fully saturated rings. The van der Waals surface area contributed by atoms with E-state index >= 15 is 0 Å². The lowest BCUT2D eigenvalue weighted by atomic mass is 9.98. The predicted octanol–water partition coefficient (Wildman–Crippen LogP) is -4.39. The lowest BCUT2D eigenvalue weighted by Crippen LogP contribution is -2.54. The summed E-state index contributed by atoms with van der Waals surface area (Å²) in [4.78, 5) is 44.7. The second kappa shape index (κ2) is 10.3. The van der Waals surface area contributed by atoms with Gasteiger partial charge in [-0.15, -0.1) is 0 Å². The molecule has 210 valence electrons. The van der Waals surface area contributed by atoms with Gasteiger partial charge < -0.3 is 49.5 Å². The number of aromatic nitrogens is 2. The molecule has 2 bridgehead atoms. The molecule has 37 heavy (non-hydrogen) atoms. The van der Waals surface area contributed by atoms with Crippen molar-refractivity contribution in [3.8, 4) is 0 Å². The van der Waals surface area contributed by atoms with Crippen LogP contribution in [0.3, 0.4) is 0 Å². The Morgan fingerprint density at radius 1 is 1.00 bits per heavy atom. The molecule has 3 saturated heterocycles. The molecule has 0 amide bonds. The van der Waals surface area contributed by atoms with E-state index in [4.69, 9.17) is 14.2 Å². The van der Waals surface area contributed by atoms with Gasteiger partial charge in [-0.1, -0.05) is 0 Å². The number of hydrogen-bond donors (Lipinski definition) is 8. The van der Waals surface area contributed by atoms with E-state index in [1.54, 1.807) is 0 Å². The van der Waals surface area contributed by atoms with Gasteiger partial charge >= 0.3 is 21.3 Å². The fourth-order valence-electron chi connectivity index (χ4n) is 4.06. The second-order valence-electron chi connectivity index (χ2n) is 8.32. The lowest BCUT2D eigenvalue weighted by molar-refractivity contribution is -0.238. The minimum atomic E-state index is -5.42. The van der Waals surface area contributed by atoms with Gasteiger partial charge in [-0.2, -0.15) is 4.31 Å². The molecule has 11 atom stereocenters. The standard InChI is InChI=1S/C16H24N2O17P2/c19-3-6-12-11(23)13(24)16(33-6,34-12)5-31-37(28,29)35-36(26,27)30-4-7-9(21)10(22)14(32-7)18-2-1-8(20)17-15(18)25/h1-2,6-7,9-14,19,21-24H,3-5H2,(H,26,27)(H,28,29)(H,17,20,25)/t6?,7-,9?,10?,11?,12+,13?,14-,16+/m1/s1. The summed E-state index contributed by atoms with van der Waals surface area (Å²) in [5.74, 6) is -2.17. The molecule has 8 N–H and O–H groups in total. The Morgan fingerprint density at radius 2 is 1.68 bits per heavy atom. The fourth-order valence-corrected chi connectivity index (χ4v) is 6.16. The molecule has 1 aromatic rings. The molecule has 0 aromatic carbocycles. The first-order valence-electron chi connectivity index (χ1n) is 10.5. The van der Waals surface area contributed by atoms with Gasteiger partial charge in [0.15, 0.2) is 6.23 Å². The molecule has 19 nitrogen and oxygen atoms in total. The maximum Gasteiger partial charge on any atom is 0.481 e. The van der Waals surface area contributed by atoms with Gasteiger partial charge in [0.05, 0.1) is 13.2 Å². The second-order valence-corrected chi connectivity index (χ2v) is 11.4. The van der Waals surface area contributed by atoms with Crippen molar-refractivity contribution in [2.75, 3.05) is 19.8 Å². The van der Waals surface area contributed by atoms with Crippen molar-refractivity contribution in [3.05, 3.63) is 33.1 Å². The third-order valence-electron chi connectivity index (χ3n) is 5.84. The number of phosphoric ester groups is 2.